The minimum absolute atomic E-state index is 0.642. The maximum atomic E-state index is 2.70. The van der Waals surface area contributed by atoms with Crippen LogP contribution in [-0.4, -0.2) is 29.1 Å². The third-order valence-electron chi connectivity index (χ3n) is 8.32. The molecule has 0 fully saturated rings. The van der Waals surface area contributed by atoms with E-state index in [0.29, 0.717) is 6.17 Å². The smallest absolute Gasteiger partial charge is 0.101 e. The van der Waals surface area contributed by atoms with Gasteiger partial charge in [-0.15, -0.1) is 0 Å². The van der Waals surface area contributed by atoms with E-state index in [-0.39, 0.29) is 0 Å². The van der Waals surface area contributed by atoms with Gasteiger partial charge in [-0.3, -0.25) is 0 Å². The van der Waals surface area contributed by atoms with Gasteiger partial charge in [0.1, 0.15) is 6.17 Å². The molecule has 1 heterocycles. The van der Waals surface area contributed by atoms with Gasteiger partial charge in [0, 0.05) is 25.5 Å². The van der Waals surface area contributed by atoms with E-state index in [1.165, 1.54) is 180 Å². The van der Waals surface area contributed by atoms with E-state index >= 15 is 0 Å². The predicted octanol–water partition coefficient (Wildman–Crippen LogP) is 11.6. The number of unbranched alkanes of at least 4 members (excludes halogenated alkanes) is 22. The fourth-order valence-electron chi connectivity index (χ4n) is 5.83. The summed E-state index contributed by atoms with van der Waals surface area (Å²) in [4.78, 5) is 5.40. The normalized spacial score (nSPS) is 14.0. The summed E-state index contributed by atoms with van der Waals surface area (Å²) in [5.74, 6) is 0. The lowest BCUT2D eigenvalue weighted by Gasteiger charge is -2.33. The van der Waals surface area contributed by atoms with Crippen molar-refractivity contribution in [3.63, 3.8) is 0 Å². The number of hydrogen-bond acceptors (Lipinski definition) is 2. The van der Waals surface area contributed by atoms with Gasteiger partial charge in [-0.05, 0) is 25.7 Å². The molecule has 0 atom stereocenters. The van der Waals surface area contributed by atoms with Gasteiger partial charge in [-0.1, -0.05) is 162 Å². The third-order valence-corrected chi connectivity index (χ3v) is 8.32. The van der Waals surface area contributed by atoms with Gasteiger partial charge in [0.05, 0.1) is 0 Å². The summed E-state index contributed by atoms with van der Waals surface area (Å²) in [6, 6.07) is 0. The number of hydrogen-bond donors (Lipinski definition) is 0. The maximum absolute atomic E-state index is 2.70. The number of nitrogens with zero attached hydrogens (tertiary/aromatic N) is 2. The minimum atomic E-state index is 0.642. The highest BCUT2D eigenvalue weighted by Gasteiger charge is 2.24. The fourth-order valence-corrected chi connectivity index (χ4v) is 5.83. The maximum Gasteiger partial charge on any atom is 0.101 e. The Morgan fingerprint density at radius 1 is 0.361 bits per heavy atom. The minimum Gasteiger partial charge on any atom is -0.356 e. The Morgan fingerprint density at radius 2 is 0.639 bits per heavy atom. The van der Waals surface area contributed by atoms with Crippen molar-refractivity contribution in [2.45, 2.75) is 194 Å². The lowest BCUT2D eigenvalue weighted by Crippen LogP contribution is -2.39. The van der Waals surface area contributed by atoms with E-state index in [9.17, 15) is 0 Å². The first-order valence-electron chi connectivity index (χ1n) is 17.0. The van der Waals surface area contributed by atoms with Gasteiger partial charge in [-0.2, -0.15) is 0 Å². The Labute approximate surface area is 229 Å². The zero-order valence-corrected chi connectivity index (χ0v) is 25.4. The summed E-state index contributed by atoms with van der Waals surface area (Å²) in [5, 5.41) is 0. The van der Waals surface area contributed by atoms with Crippen molar-refractivity contribution in [2.75, 3.05) is 13.1 Å². The molecule has 0 spiro atoms. The van der Waals surface area contributed by atoms with Crippen molar-refractivity contribution in [3.8, 4) is 0 Å². The summed E-state index contributed by atoms with van der Waals surface area (Å²) in [5.41, 5.74) is 0. The van der Waals surface area contributed by atoms with E-state index in [4.69, 9.17) is 0 Å². The fraction of sp³-hybridized carbons (Fsp3) is 0.941. The van der Waals surface area contributed by atoms with Crippen molar-refractivity contribution in [1.29, 1.82) is 0 Å². The van der Waals surface area contributed by atoms with Gasteiger partial charge < -0.3 is 9.80 Å². The largest absolute Gasteiger partial charge is 0.356 e. The van der Waals surface area contributed by atoms with Crippen LogP contribution < -0.4 is 0 Å². The monoisotopic (exact) mass is 505 g/mol. The average Bonchev–Trinajstić information content (AvgIpc) is 3.27. The Bertz CT molecular complexity index is 430. The van der Waals surface area contributed by atoms with Crippen LogP contribution in [-0.2, 0) is 0 Å². The molecule has 214 valence electrons. The van der Waals surface area contributed by atoms with E-state index in [2.05, 4.69) is 43.0 Å². The molecule has 0 aromatic rings. The van der Waals surface area contributed by atoms with E-state index in [1.54, 1.807) is 0 Å². The SMILES string of the molecule is CCCCCCCCCCCC1N(CCCCCCCCCC)C=CN1CCCCCCCCCC. The second-order valence-electron chi connectivity index (χ2n) is 11.8. The summed E-state index contributed by atoms with van der Waals surface area (Å²) < 4.78 is 0. The third kappa shape index (κ3) is 18.6. The molecule has 1 rings (SSSR count). The van der Waals surface area contributed by atoms with Crippen LogP contribution in [0.3, 0.4) is 0 Å². The van der Waals surface area contributed by atoms with Crippen molar-refractivity contribution >= 4 is 0 Å². The first-order chi connectivity index (χ1) is 17.8. The highest BCUT2D eigenvalue weighted by molar-refractivity contribution is 4.97. The number of rotatable bonds is 28. The van der Waals surface area contributed by atoms with Crippen LogP contribution in [0.2, 0.25) is 0 Å². The molecule has 0 saturated carbocycles. The summed E-state index contributed by atoms with van der Waals surface area (Å²) >= 11 is 0. The Balaban J connectivity index is 2.27. The zero-order chi connectivity index (χ0) is 25.9. The lowest BCUT2D eigenvalue weighted by atomic mass is 10.0. The molecule has 1 aliphatic heterocycles. The second-order valence-corrected chi connectivity index (χ2v) is 11.8. The van der Waals surface area contributed by atoms with E-state index in [0.717, 1.165) is 0 Å². The van der Waals surface area contributed by atoms with Crippen molar-refractivity contribution in [2.24, 2.45) is 0 Å². The van der Waals surface area contributed by atoms with E-state index < -0.39 is 0 Å². The van der Waals surface area contributed by atoms with Gasteiger partial charge in [0.25, 0.3) is 0 Å². The van der Waals surface area contributed by atoms with Crippen LogP contribution in [0.5, 0.6) is 0 Å². The summed E-state index contributed by atoms with van der Waals surface area (Å²) in [7, 11) is 0. The first kappa shape index (κ1) is 33.4. The molecule has 0 unspecified atom stereocenters. The van der Waals surface area contributed by atoms with Gasteiger partial charge >= 0.3 is 0 Å². The topological polar surface area (TPSA) is 6.48 Å². The van der Waals surface area contributed by atoms with E-state index in [1.807, 2.05) is 0 Å². The molecule has 0 aromatic heterocycles. The Hall–Kier alpha value is -0.660. The lowest BCUT2D eigenvalue weighted by molar-refractivity contribution is 0.135. The highest BCUT2D eigenvalue weighted by atomic mass is 15.4. The molecule has 0 aromatic carbocycles. The standard InChI is InChI=1S/C34H68N2/c1-4-7-10-13-16-19-20-23-26-29-34-35(30-27-24-21-17-14-11-8-5-2)32-33-36(34)31-28-25-22-18-15-12-9-6-3/h32-34H,4-31H2,1-3H3. The van der Waals surface area contributed by atoms with Crippen LogP contribution in [0.1, 0.15) is 188 Å². The molecule has 36 heavy (non-hydrogen) atoms. The summed E-state index contributed by atoms with van der Waals surface area (Å²) in [6.07, 6.45) is 42.5. The van der Waals surface area contributed by atoms with Crippen LogP contribution in [0.15, 0.2) is 12.4 Å². The first-order valence-corrected chi connectivity index (χ1v) is 17.0. The van der Waals surface area contributed by atoms with Gasteiger partial charge in [0.15, 0.2) is 0 Å². The van der Waals surface area contributed by atoms with Crippen LogP contribution in [0.25, 0.3) is 0 Å². The van der Waals surface area contributed by atoms with Crippen molar-refractivity contribution < 1.29 is 0 Å². The van der Waals surface area contributed by atoms with Crippen LogP contribution in [0, 0.1) is 0 Å². The van der Waals surface area contributed by atoms with Crippen molar-refractivity contribution in [1.82, 2.24) is 9.80 Å². The van der Waals surface area contributed by atoms with Gasteiger partial charge in [0.2, 0.25) is 0 Å². The molecule has 0 aliphatic carbocycles. The summed E-state index contributed by atoms with van der Waals surface area (Å²) in [6.45, 7) is 9.47. The van der Waals surface area contributed by atoms with Crippen molar-refractivity contribution in [3.05, 3.63) is 12.4 Å². The molecule has 0 amide bonds. The molecule has 0 radical (unpaired) electrons. The quantitative estimate of drug-likeness (QED) is 0.0977. The Morgan fingerprint density at radius 3 is 0.972 bits per heavy atom. The highest BCUT2D eigenvalue weighted by Crippen LogP contribution is 2.24. The predicted molar refractivity (Wildman–Crippen MR) is 163 cm³/mol. The molecular weight excluding hydrogens is 436 g/mol. The molecular formula is C34H68N2. The molecule has 0 bridgehead atoms. The second kappa shape index (κ2) is 26.0. The zero-order valence-electron chi connectivity index (χ0n) is 25.4. The average molecular weight is 505 g/mol. The molecule has 1 aliphatic rings. The molecule has 2 heteroatoms. The van der Waals surface area contributed by atoms with Gasteiger partial charge in [-0.25, -0.2) is 0 Å². The molecule has 0 N–H and O–H groups in total. The van der Waals surface area contributed by atoms with Crippen LogP contribution in [0.4, 0.5) is 0 Å². The molecule has 0 saturated heterocycles. The Kier molecular flexibility index (Phi) is 24.1. The van der Waals surface area contributed by atoms with Crippen LogP contribution >= 0.6 is 0 Å². The molecule has 2 nitrogen and oxygen atoms in total.